The molecule has 6 heteroatoms. The van der Waals surface area contributed by atoms with Crippen molar-refractivity contribution in [3.8, 4) is 5.75 Å². The molecule has 0 bridgehead atoms. The lowest BCUT2D eigenvalue weighted by molar-refractivity contribution is -0.118. The molecule has 0 atom stereocenters. The number of methoxy groups -OCH3 is 1. The Morgan fingerprint density at radius 3 is 2.71 bits per heavy atom. The van der Waals surface area contributed by atoms with Gasteiger partial charge in [0.05, 0.1) is 31.0 Å². The summed E-state index contributed by atoms with van der Waals surface area (Å²) in [4.78, 5) is 20.0. The molecule has 2 heterocycles. The summed E-state index contributed by atoms with van der Waals surface area (Å²) in [6, 6.07) is 23.7. The number of fused-ring (bicyclic) bond motifs is 2. The van der Waals surface area contributed by atoms with Crippen LogP contribution in [-0.4, -0.2) is 18.0 Å². The normalized spacial score (nSPS) is 11.1. The van der Waals surface area contributed by atoms with Gasteiger partial charge in [-0.05, 0) is 40.6 Å². The molecule has 0 aliphatic rings. The molecule has 5 rings (SSSR count). The van der Waals surface area contributed by atoms with Crippen LogP contribution in [0.3, 0.4) is 0 Å². The van der Waals surface area contributed by atoms with Crippen molar-refractivity contribution < 1.29 is 13.9 Å². The van der Waals surface area contributed by atoms with E-state index in [1.54, 1.807) is 18.3 Å². The molecule has 0 aliphatic heterocycles. The Labute approximate surface area is 183 Å². The molecule has 0 saturated heterocycles. The van der Waals surface area contributed by atoms with Crippen molar-refractivity contribution in [3.05, 3.63) is 90.4 Å². The molecule has 1 amide bonds. The van der Waals surface area contributed by atoms with Crippen molar-refractivity contribution in [1.82, 2.24) is 4.98 Å². The van der Waals surface area contributed by atoms with Crippen LogP contribution in [0.2, 0.25) is 0 Å². The number of hydrogen-bond acceptors (Lipinski definition) is 5. The number of para-hydroxylation sites is 1. The van der Waals surface area contributed by atoms with Gasteiger partial charge >= 0.3 is 0 Å². The zero-order valence-corrected chi connectivity index (χ0v) is 17.8. The van der Waals surface area contributed by atoms with Crippen LogP contribution in [0.4, 0.5) is 5.13 Å². The molecule has 3 aromatic carbocycles. The molecule has 0 radical (unpaired) electrons. The van der Waals surface area contributed by atoms with Crippen LogP contribution in [-0.2, 0) is 17.8 Å². The van der Waals surface area contributed by atoms with Crippen molar-refractivity contribution in [1.29, 1.82) is 0 Å². The Hall–Kier alpha value is -3.64. The van der Waals surface area contributed by atoms with E-state index in [1.165, 1.54) is 11.3 Å². The second-order valence-electron chi connectivity index (χ2n) is 7.18. The summed E-state index contributed by atoms with van der Waals surface area (Å²) in [5.74, 6) is 1.36. The van der Waals surface area contributed by atoms with E-state index >= 15 is 0 Å². The molecular formula is C25H20N2O3S. The number of nitrogens with zero attached hydrogens (tertiary/aromatic N) is 2. The maximum Gasteiger partial charge on any atom is 0.233 e. The largest absolute Gasteiger partial charge is 0.494 e. The lowest BCUT2D eigenvalue weighted by atomic mass is 10.0. The summed E-state index contributed by atoms with van der Waals surface area (Å²) in [5.41, 5.74) is 1.75. The first-order valence-electron chi connectivity index (χ1n) is 9.96. The second kappa shape index (κ2) is 8.24. The Kier molecular flexibility index (Phi) is 5.14. The maximum absolute atomic E-state index is 13.5. The molecule has 0 N–H and O–H groups in total. The summed E-state index contributed by atoms with van der Waals surface area (Å²) in [5, 5.41) is 2.83. The number of carbonyl (C=O) groups excluding carboxylic acids is 1. The van der Waals surface area contributed by atoms with Gasteiger partial charge in [-0.3, -0.25) is 9.69 Å². The molecule has 0 spiro atoms. The van der Waals surface area contributed by atoms with E-state index in [4.69, 9.17) is 14.1 Å². The van der Waals surface area contributed by atoms with Gasteiger partial charge in [0, 0.05) is 0 Å². The minimum absolute atomic E-state index is 0.0363. The minimum atomic E-state index is -0.0363. The van der Waals surface area contributed by atoms with E-state index in [0.29, 0.717) is 23.2 Å². The van der Waals surface area contributed by atoms with E-state index < -0.39 is 0 Å². The number of rotatable bonds is 6. The predicted molar refractivity (Wildman–Crippen MR) is 124 cm³/mol. The van der Waals surface area contributed by atoms with Crippen LogP contribution in [0.25, 0.3) is 21.0 Å². The first-order valence-corrected chi connectivity index (χ1v) is 10.8. The predicted octanol–water partition coefficient (Wildman–Crippen LogP) is 5.83. The highest BCUT2D eigenvalue weighted by atomic mass is 32.1. The SMILES string of the molecule is COc1cccc2sc(N(Cc3ccco3)C(=O)Cc3cccc4ccccc34)nc12. The molecule has 0 unspecified atom stereocenters. The quantitative estimate of drug-likeness (QED) is 0.342. The summed E-state index contributed by atoms with van der Waals surface area (Å²) >= 11 is 1.47. The molecular weight excluding hydrogens is 408 g/mol. The van der Waals surface area contributed by atoms with Crippen LogP contribution < -0.4 is 9.64 Å². The molecule has 154 valence electrons. The lowest BCUT2D eigenvalue weighted by Gasteiger charge is -2.19. The van der Waals surface area contributed by atoms with Gasteiger partial charge in [0.25, 0.3) is 0 Å². The smallest absolute Gasteiger partial charge is 0.233 e. The van der Waals surface area contributed by atoms with Gasteiger partial charge in [-0.15, -0.1) is 0 Å². The van der Waals surface area contributed by atoms with Crippen LogP contribution >= 0.6 is 11.3 Å². The third kappa shape index (κ3) is 3.78. The molecule has 5 nitrogen and oxygen atoms in total. The monoisotopic (exact) mass is 428 g/mol. The first kappa shape index (κ1) is 19.3. The van der Waals surface area contributed by atoms with E-state index in [9.17, 15) is 4.79 Å². The lowest BCUT2D eigenvalue weighted by Crippen LogP contribution is -2.31. The molecule has 2 aromatic heterocycles. The van der Waals surface area contributed by atoms with E-state index in [-0.39, 0.29) is 12.3 Å². The second-order valence-corrected chi connectivity index (χ2v) is 8.19. The Morgan fingerprint density at radius 1 is 1.03 bits per heavy atom. The van der Waals surface area contributed by atoms with Crippen LogP contribution in [0.5, 0.6) is 5.75 Å². The molecule has 0 fully saturated rings. The van der Waals surface area contributed by atoms with E-state index in [0.717, 1.165) is 26.6 Å². The average Bonchev–Trinajstić information content (AvgIpc) is 3.47. The highest BCUT2D eigenvalue weighted by Crippen LogP contribution is 2.35. The number of furan rings is 1. The fraction of sp³-hybridized carbons (Fsp3) is 0.120. The number of aromatic nitrogens is 1. The number of hydrogen-bond donors (Lipinski definition) is 0. The van der Waals surface area contributed by atoms with Crippen molar-refractivity contribution in [2.45, 2.75) is 13.0 Å². The van der Waals surface area contributed by atoms with Gasteiger partial charge in [0.2, 0.25) is 5.91 Å². The average molecular weight is 429 g/mol. The van der Waals surface area contributed by atoms with Gasteiger partial charge in [-0.2, -0.15) is 0 Å². The highest BCUT2D eigenvalue weighted by molar-refractivity contribution is 7.22. The summed E-state index contributed by atoms with van der Waals surface area (Å²) < 4.78 is 12.0. The maximum atomic E-state index is 13.5. The topological polar surface area (TPSA) is 55.6 Å². The fourth-order valence-electron chi connectivity index (χ4n) is 3.72. The first-order chi connectivity index (χ1) is 15.2. The summed E-state index contributed by atoms with van der Waals surface area (Å²) in [6.45, 7) is 0.318. The van der Waals surface area contributed by atoms with Gasteiger partial charge in [-0.1, -0.05) is 59.9 Å². The Bertz CT molecular complexity index is 1350. The van der Waals surface area contributed by atoms with Crippen molar-refractivity contribution in [2.75, 3.05) is 12.0 Å². The Morgan fingerprint density at radius 2 is 1.87 bits per heavy atom. The van der Waals surface area contributed by atoms with Crippen molar-refractivity contribution in [3.63, 3.8) is 0 Å². The zero-order chi connectivity index (χ0) is 21.2. The van der Waals surface area contributed by atoms with Gasteiger partial charge < -0.3 is 9.15 Å². The van der Waals surface area contributed by atoms with Crippen LogP contribution in [0.1, 0.15) is 11.3 Å². The number of amides is 1. The molecule has 31 heavy (non-hydrogen) atoms. The van der Waals surface area contributed by atoms with E-state index in [1.807, 2.05) is 54.6 Å². The standard InChI is InChI=1S/C25H20N2O3S/c1-29-21-12-5-13-22-24(21)26-25(31-22)27(16-19-10-6-14-30-19)23(28)15-18-9-4-8-17-7-2-3-11-20(17)18/h2-14H,15-16H2,1H3. The molecule has 0 saturated carbocycles. The summed E-state index contributed by atoms with van der Waals surface area (Å²) in [7, 11) is 1.63. The number of carbonyl (C=O) groups is 1. The minimum Gasteiger partial charge on any atom is -0.494 e. The third-order valence-corrected chi connectivity index (χ3v) is 6.28. The van der Waals surface area contributed by atoms with Gasteiger partial charge in [-0.25, -0.2) is 4.98 Å². The van der Waals surface area contributed by atoms with E-state index in [2.05, 4.69) is 18.2 Å². The Balaban J connectivity index is 1.54. The van der Waals surface area contributed by atoms with Crippen molar-refractivity contribution in [2.24, 2.45) is 0 Å². The van der Waals surface area contributed by atoms with Crippen LogP contribution in [0, 0.1) is 0 Å². The molecule has 5 aromatic rings. The van der Waals surface area contributed by atoms with Gasteiger partial charge in [0.15, 0.2) is 5.13 Å². The van der Waals surface area contributed by atoms with Gasteiger partial charge in [0.1, 0.15) is 17.0 Å². The van der Waals surface area contributed by atoms with Crippen molar-refractivity contribution >= 4 is 43.4 Å². The summed E-state index contributed by atoms with van der Waals surface area (Å²) in [6.07, 6.45) is 1.89. The fourth-order valence-corrected chi connectivity index (χ4v) is 4.72. The highest BCUT2D eigenvalue weighted by Gasteiger charge is 2.23. The van der Waals surface area contributed by atoms with Crippen LogP contribution in [0.15, 0.2) is 83.5 Å². The third-order valence-electron chi connectivity index (χ3n) is 5.24. The number of thiazole rings is 1. The zero-order valence-electron chi connectivity index (χ0n) is 16.9. The number of anilines is 1. The molecule has 0 aliphatic carbocycles. The number of benzene rings is 3. The number of ether oxygens (including phenoxy) is 1.